The summed E-state index contributed by atoms with van der Waals surface area (Å²) in [4.78, 5) is 17.9. The smallest absolute Gasteiger partial charge is 0.222 e. The van der Waals surface area contributed by atoms with Crippen LogP contribution in [0.5, 0.6) is 5.75 Å². The van der Waals surface area contributed by atoms with Crippen molar-refractivity contribution in [1.29, 1.82) is 0 Å². The number of ether oxygens (including phenoxy) is 1. The molecule has 0 spiro atoms. The van der Waals surface area contributed by atoms with E-state index in [2.05, 4.69) is 11.9 Å². The Kier molecular flexibility index (Phi) is 5.19. The second-order valence-electron chi connectivity index (χ2n) is 5.01. The summed E-state index contributed by atoms with van der Waals surface area (Å²) in [5, 5.41) is 0. The fourth-order valence-electron chi connectivity index (χ4n) is 2.36. The van der Waals surface area contributed by atoms with Crippen LogP contribution in [-0.4, -0.2) is 35.0 Å². The molecule has 104 valence electrons. The lowest BCUT2D eigenvalue weighted by molar-refractivity contribution is -0.133. The Hall–Kier alpha value is -1.58. The molecule has 0 N–H and O–H groups in total. The van der Waals surface area contributed by atoms with Crippen molar-refractivity contribution in [3.05, 3.63) is 24.5 Å². The zero-order valence-corrected chi connectivity index (χ0v) is 11.5. The van der Waals surface area contributed by atoms with Crippen molar-refractivity contribution in [3.8, 4) is 5.75 Å². The lowest BCUT2D eigenvalue weighted by Crippen LogP contribution is -2.44. The molecule has 0 aliphatic carbocycles. The molecule has 1 saturated heterocycles. The average molecular weight is 262 g/mol. The molecule has 1 fully saturated rings. The van der Waals surface area contributed by atoms with E-state index >= 15 is 0 Å². The molecule has 4 heteroatoms. The molecule has 0 aromatic carbocycles. The molecule has 1 unspecified atom stereocenters. The summed E-state index contributed by atoms with van der Waals surface area (Å²) in [6.07, 6.45) is 8.31. The first-order valence-corrected chi connectivity index (χ1v) is 7.14. The van der Waals surface area contributed by atoms with Gasteiger partial charge in [-0.15, -0.1) is 0 Å². The van der Waals surface area contributed by atoms with Crippen molar-refractivity contribution in [3.63, 3.8) is 0 Å². The zero-order valence-electron chi connectivity index (χ0n) is 11.5. The van der Waals surface area contributed by atoms with E-state index in [0.29, 0.717) is 13.0 Å². The number of carbonyl (C=O) groups is 1. The van der Waals surface area contributed by atoms with Gasteiger partial charge >= 0.3 is 0 Å². The van der Waals surface area contributed by atoms with Crippen molar-refractivity contribution < 1.29 is 9.53 Å². The number of hydrogen-bond donors (Lipinski definition) is 0. The summed E-state index contributed by atoms with van der Waals surface area (Å²) in [7, 11) is 0. The Morgan fingerprint density at radius 3 is 3.00 bits per heavy atom. The topological polar surface area (TPSA) is 42.4 Å². The lowest BCUT2D eigenvalue weighted by Gasteiger charge is -2.33. The lowest BCUT2D eigenvalue weighted by atomic mass is 10.1. The van der Waals surface area contributed by atoms with Gasteiger partial charge in [-0.1, -0.05) is 13.3 Å². The molecule has 0 saturated carbocycles. The molecule has 1 aromatic rings. The van der Waals surface area contributed by atoms with Gasteiger partial charge in [0.1, 0.15) is 11.9 Å². The van der Waals surface area contributed by atoms with Gasteiger partial charge < -0.3 is 9.64 Å². The van der Waals surface area contributed by atoms with E-state index < -0.39 is 0 Å². The molecule has 2 heterocycles. The first kappa shape index (κ1) is 13.8. The highest BCUT2D eigenvalue weighted by molar-refractivity contribution is 5.76. The maximum Gasteiger partial charge on any atom is 0.222 e. The third-order valence-corrected chi connectivity index (χ3v) is 3.43. The van der Waals surface area contributed by atoms with Crippen LogP contribution < -0.4 is 4.74 Å². The summed E-state index contributed by atoms with van der Waals surface area (Å²) in [6.45, 7) is 3.70. The van der Waals surface area contributed by atoms with Crippen molar-refractivity contribution >= 4 is 5.91 Å². The molecule has 19 heavy (non-hydrogen) atoms. The fraction of sp³-hybridized carbons (Fsp3) is 0.600. The summed E-state index contributed by atoms with van der Waals surface area (Å²) >= 11 is 0. The number of hydrogen-bond acceptors (Lipinski definition) is 3. The van der Waals surface area contributed by atoms with Gasteiger partial charge in [-0.05, 0) is 31.4 Å². The molecule has 0 bridgehead atoms. The van der Waals surface area contributed by atoms with E-state index in [9.17, 15) is 4.79 Å². The SMILES string of the molecule is CCCCC(=O)N1CCCC(Oc2ccncc2)C1. The van der Waals surface area contributed by atoms with Gasteiger partial charge in [-0.3, -0.25) is 9.78 Å². The van der Waals surface area contributed by atoms with Crippen LogP contribution in [0, 0.1) is 0 Å². The molecule has 1 aliphatic rings. The monoisotopic (exact) mass is 262 g/mol. The molecule has 1 aliphatic heterocycles. The minimum absolute atomic E-state index is 0.113. The van der Waals surface area contributed by atoms with Gasteiger partial charge in [0.2, 0.25) is 5.91 Å². The van der Waals surface area contributed by atoms with E-state index in [-0.39, 0.29) is 12.0 Å². The number of aromatic nitrogens is 1. The van der Waals surface area contributed by atoms with Crippen molar-refractivity contribution in [2.24, 2.45) is 0 Å². The fourth-order valence-corrected chi connectivity index (χ4v) is 2.36. The second kappa shape index (κ2) is 7.12. The molecule has 0 radical (unpaired) electrons. The van der Waals surface area contributed by atoms with Crippen LogP contribution >= 0.6 is 0 Å². The van der Waals surface area contributed by atoms with Gasteiger partial charge in [0.15, 0.2) is 0 Å². The molecule has 1 aromatic heterocycles. The third kappa shape index (κ3) is 4.23. The van der Waals surface area contributed by atoms with E-state index in [0.717, 1.165) is 38.0 Å². The Bertz CT molecular complexity index is 394. The predicted molar refractivity (Wildman–Crippen MR) is 74.0 cm³/mol. The number of piperidine rings is 1. The second-order valence-corrected chi connectivity index (χ2v) is 5.01. The largest absolute Gasteiger partial charge is 0.488 e. The molecule has 2 rings (SSSR count). The summed E-state index contributed by atoms with van der Waals surface area (Å²) in [6, 6.07) is 3.72. The highest BCUT2D eigenvalue weighted by atomic mass is 16.5. The van der Waals surface area contributed by atoms with Crippen LogP contribution in [0.15, 0.2) is 24.5 Å². The van der Waals surface area contributed by atoms with Crippen LogP contribution in [0.4, 0.5) is 0 Å². The van der Waals surface area contributed by atoms with E-state index in [4.69, 9.17) is 4.74 Å². The van der Waals surface area contributed by atoms with Crippen LogP contribution in [-0.2, 0) is 4.79 Å². The molecular formula is C15H22N2O2. The van der Waals surface area contributed by atoms with Crippen molar-refractivity contribution in [1.82, 2.24) is 9.88 Å². The minimum Gasteiger partial charge on any atom is -0.488 e. The first-order chi connectivity index (χ1) is 9.29. The van der Waals surface area contributed by atoms with Gasteiger partial charge in [-0.25, -0.2) is 0 Å². The molecular weight excluding hydrogens is 240 g/mol. The number of pyridine rings is 1. The van der Waals surface area contributed by atoms with Crippen molar-refractivity contribution in [2.75, 3.05) is 13.1 Å². The number of carbonyl (C=O) groups excluding carboxylic acids is 1. The number of rotatable bonds is 5. The van der Waals surface area contributed by atoms with E-state index in [1.54, 1.807) is 12.4 Å². The molecule has 1 atom stereocenters. The zero-order chi connectivity index (χ0) is 13.5. The summed E-state index contributed by atoms with van der Waals surface area (Å²) < 4.78 is 5.91. The number of likely N-dealkylation sites (tertiary alicyclic amines) is 1. The van der Waals surface area contributed by atoms with Crippen LogP contribution in [0.2, 0.25) is 0 Å². The molecule has 4 nitrogen and oxygen atoms in total. The minimum atomic E-state index is 0.113. The highest BCUT2D eigenvalue weighted by Crippen LogP contribution is 2.18. The Morgan fingerprint density at radius 1 is 1.47 bits per heavy atom. The number of nitrogens with zero attached hydrogens (tertiary/aromatic N) is 2. The van der Waals surface area contributed by atoms with Crippen LogP contribution in [0.25, 0.3) is 0 Å². The number of amides is 1. The van der Waals surface area contributed by atoms with Crippen LogP contribution in [0.1, 0.15) is 39.0 Å². The van der Waals surface area contributed by atoms with Gasteiger partial charge in [0.25, 0.3) is 0 Å². The van der Waals surface area contributed by atoms with Gasteiger partial charge in [0, 0.05) is 25.4 Å². The standard InChI is InChI=1S/C15H22N2O2/c1-2-3-6-15(18)17-11-4-5-14(12-17)19-13-7-9-16-10-8-13/h7-10,14H,2-6,11-12H2,1H3. The first-order valence-electron chi connectivity index (χ1n) is 7.14. The predicted octanol–water partition coefficient (Wildman–Crippen LogP) is 2.64. The summed E-state index contributed by atoms with van der Waals surface area (Å²) in [5.74, 6) is 1.10. The number of unbranched alkanes of at least 4 members (excludes halogenated alkanes) is 1. The molecule has 1 amide bonds. The quantitative estimate of drug-likeness (QED) is 0.819. The van der Waals surface area contributed by atoms with Crippen LogP contribution in [0.3, 0.4) is 0 Å². The van der Waals surface area contributed by atoms with E-state index in [1.165, 1.54) is 0 Å². The highest BCUT2D eigenvalue weighted by Gasteiger charge is 2.24. The maximum atomic E-state index is 12.0. The Morgan fingerprint density at radius 2 is 2.26 bits per heavy atom. The normalized spacial score (nSPS) is 19.2. The van der Waals surface area contributed by atoms with Gasteiger partial charge in [-0.2, -0.15) is 0 Å². The Balaban J connectivity index is 1.85. The van der Waals surface area contributed by atoms with E-state index in [1.807, 2.05) is 17.0 Å². The average Bonchev–Trinajstić information content (AvgIpc) is 2.46. The third-order valence-electron chi connectivity index (χ3n) is 3.43. The maximum absolute atomic E-state index is 12.0. The van der Waals surface area contributed by atoms with Gasteiger partial charge in [0.05, 0.1) is 6.54 Å². The Labute approximate surface area is 114 Å². The summed E-state index contributed by atoms with van der Waals surface area (Å²) in [5.41, 5.74) is 0. The van der Waals surface area contributed by atoms with Crippen molar-refractivity contribution in [2.45, 2.75) is 45.1 Å².